The zero-order valence-corrected chi connectivity index (χ0v) is 14.1. The van der Waals surface area contributed by atoms with Crippen molar-refractivity contribution in [3.05, 3.63) is 29.8 Å². The third-order valence-corrected chi connectivity index (χ3v) is 3.32. The molecule has 4 heteroatoms. The van der Waals surface area contributed by atoms with Crippen molar-refractivity contribution in [3.63, 3.8) is 0 Å². The van der Waals surface area contributed by atoms with Crippen molar-refractivity contribution in [3.8, 4) is 5.75 Å². The molecule has 1 aromatic rings. The number of aliphatic imine (C=N–C) groups is 1. The molecule has 0 saturated carbocycles. The normalized spacial score (nSPS) is 13.4. The van der Waals surface area contributed by atoms with Crippen LogP contribution in [0.3, 0.4) is 0 Å². The van der Waals surface area contributed by atoms with Crippen molar-refractivity contribution in [2.45, 2.75) is 53.3 Å². The van der Waals surface area contributed by atoms with E-state index in [9.17, 15) is 0 Å². The maximum atomic E-state index is 5.71. The first-order valence-electron chi connectivity index (χ1n) is 7.65. The summed E-state index contributed by atoms with van der Waals surface area (Å²) in [5.74, 6) is 2.29. The lowest BCUT2D eigenvalue weighted by Crippen LogP contribution is -2.43. The van der Waals surface area contributed by atoms with Crippen molar-refractivity contribution in [1.29, 1.82) is 0 Å². The number of nitrogens with zero attached hydrogens (tertiary/aromatic N) is 1. The molecule has 0 aromatic heterocycles. The molecule has 0 radical (unpaired) electrons. The maximum Gasteiger partial charge on any atom is 0.191 e. The highest BCUT2D eigenvalue weighted by Crippen LogP contribution is 2.14. The van der Waals surface area contributed by atoms with E-state index in [4.69, 9.17) is 4.74 Å². The van der Waals surface area contributed by atoms with E-state index in [0.29, 0.717) is 12.0 Å². The van der Waals surface area contributed by atoms with E-state index in [2.05, 4.69) is 48.5 Å². The van der Waals surface area contributed by atoms with Gasteiger partial charge in [-0.25, -0.2) is 0 Å². The summed E-state index contributed by atoms with van der Waals surface area (Å²) < 4.78 is 5.71. The van der Waals surface area contributed by atoms with Crippen molar-refractivity contribution < 1.29 is 4.74 Å². The van der Waals surface area contributed by atoms with Crippen LogP contribution in [-0.2, 0) is 6.54 Å². The fraction of sp³-hybridized carbons (Fsp3) is 0.588. The van der Waals surface area contributed by atoms with Gasteiger partial charge in [-0.1, -0.05) is 26.0 Å². The minimum Gasteiger partial charge on any atom is -0.491 e. The molecule has 0 aliphatic heterocycles. The second kappa shape index (κ2) is 8.55. The Morgan fingerprint density at radius 1 is 1.19 bits per heavy atom. The molecule has 0 aliphatic carbocycles. The second-order valence-electron chi connectivity index (χ2n) is 5.92. The van der Waals surface area contributed by atoms with Gasteiger partial charge in [-0.3, -0.25) is 4.99 Å². The van der Waals surface area contributed by atoms with E-state index in [1.165, 1.54) is 5.56 Å². The molecule has 2 N–H and O–H groups in total. The van der Waals surface area contributed by atoms with Crippen LogP contribution >= 0.6 is 0 Å². The first-order chi connectivity index (χ1) is 9.92. The Morgan fingerprint density at radius 3 is 2.48 bits per heavy atom. The lowest BCUT2D eigenvalue weighted by molar-refractivity contribution is 0.242. The maximum absolute atomic E-state index is 5.71. The first kappa shape index (κ1) is 17.3. The van der Waals surface area contributed by atoms with Gasteiger partial charge >= 0.3 is 0 Å². The number of hydrogen-bond donors (Lipinski definition) is 2. The van der Waals surface area contributed by atoms with Crippen LogP contribution in [0.2, 0.25) is 0 Å². The van der Waals surface area contributed by atoms with Gasteiger partial charge in [-0.05, 0) is 44.4 Å². The van der Waals surface area contributed by atoms with Crippen LogP contribution in [0.1, 0.15) is 40.2 Å². The zero-order valence-electron chi connectivity index (χ0n) is 14.1. The van der Waals surface area contributed by atoms with Crippen molar-refractivity contribution in [2.24, 2.45) is 10.9 Å². The van der Waals surface area contributed by atoms with E-state index >= 15 is 0 Å². The second-order valence-corrected chi connectivity index (χ2v) is 5.92. The summed E-state index contributed by atoms with van der Waals surface area (Å²) in [6.07, 6.45) is 0.189. The van der Waals surface area contributed by atoms with E-state index in [0.717, 1.165) is 18.3 Å². The van der Waals surface area contributed by atoms with Gasteiger partial charge in [0.25, 0.3) is 0 Å². The Kier molecular flexibility index (Phi) is 7.06. The van der Waals surface area contributed by atoms with Gasteiger partial charge in [0.05, 0.1) is 6.10 Å². The molecular weight excluding hydrogens is 262 g/mol. The Bertz CT molecular complexity index is 455. The quantitative estimate of drug-likeness (QED) is 0.625. The Hall–Kier alpha value is -1.71. The number of rotatable bonds is 6. The number of guanidine groups is 1. The molecule has 21 heavy (non-hydrogen) atoms. The highest BCUT2D eigenvalue weighted by atomic mass is 16.5. The molecule has 0 aliphatic rings. The monoisotopic (exact) mass is 291 g/mol. The third kappa shape index (κ3) is 6.52. The lowest BCUT2D eigenvalue weighted by Gasteiger charge is -2.21. The van der Waals surface area contributed by atoms with E-state index < -0.39 is 0 Å². The molecule has 0 heterocycles. The van der Waals surface area contributed by atoms with Gasteiger partial charge in [0.2, 0.25) is 0 Å². The Morgan fingerprint density at radius 2 is 1.90 bits per heavy atom. The van der Waals surface area contributed by atoms with Crippen LogP contribution in [0.4, 0.5) is 0 Å². The van der Waals surface area contributed by atoms with E-state index in [-0.39, 0.29) is 6.10 Å². The SMILES string of the molecule is CN=C(NCc1cccc(OC(C)C)c1)NC(C)C(C)C. The van der Waals surface area contributed by atoms with Gasteiger partial charge in [0.1, 0.15) is 5.75 Å². The van der Waals surface area contributed by atoms with Gasteiger partial charge < -0.3 is 15.4 Å². The lowest BCUT2D eigenvalue weighted by atomic mass is 10.1. The van der Waals surface area contributed by atoms with Crippen LogP contribution in [-0.4, -0.2) is 25.2 Å². The van der Waals surface area contributed by atoms with Crippen molar-refractivity contribution in [1.82, 2.24) is 10.6 Å². The van der Waals surface area contributed by atoms with Gasteiger partial charge in [-0.2, -0.15) is 0 Å². The fourth-order valence-electron chi connectivity index (χ4n) is 1.76. The molecule has 0 saturated heterocycles. The minimum atomic E-state index is 0.189. The molecule has 1 atom stereocenters. The highest BCUT2D eigenvalue weighted by molar-refractivity contribution is 5.79. The minimum absolute atomic E-state index is 0.189. The summed E-state index contributed by atoms with van der Waals surface area (Å²) in [7, 11) is 1.79. The Balaban J connectivity index is 2.57. The first-order valence-corrected chi connectivity index (χ1v) is 7.65. The van der Waals surface area contributed by atoms with Crippen LogP contribution < -0.4 is 15.4 Å². The summed E-state index contributed by atoms with van der Waals surface area (Å²) in [6, 6.07) is 8.52. The topological polar surface area (TPSA) is 45.7 Å². The summed E-state index contributed by atoms with van der Waals surface area (Å²) in [6.45, 7) is 11.3. The summed E-state index contributed by atoms with van der Waals surface area (Å²) in [5, 5.41) is 6.73. The molecule has 0 amide bonds. The predicted octanol–water partition coefficient (Wildman–Crippen LogP) is 3.18. The number of benzene rings is 1. The standard InChI is InChI=1S/C17H29N3O/c1-12(2)14(5)20-17(18-6)19-11-15-8-7-9-16(10-15)21-13(3)4/h7-10,12-14H,11H2,1-6H3,(H2,18,19,20). The molecule has 1 aromatic carbocycles. The van der Waals surface area contributed by atoms with Gasteiger partial charge in [-0.15, -0.1) is 0 Å². The molecule has 118 valence electrons. The number of hydrogen-bond acceptors (Lipinski definition) is 2. The average molecular weight is 291 g/mol. The fourth-order valence-corrected chi connectivity index (χ4v) is 1.76. The molecular formula is C17H29N3O. The summed E-state index contributed by atoms with van der Waals surface area (Å²) in [5.41, 5.74) is 1.17. The van der Waals surface area contributed by atoms with Crippen LogP contribution in [0.15, 0.2) is 29.3 Å². The molecule has 4 nitrogen and oxygen atoms in total. The predicted molar refractivity (Wildman–Crippen MR) is 89.8 cm³/mol. The Labute approximate surface area is 129 Å². The van der Waals surface area contributed by atoms with Gasteiger partial charge in [0, 0.05) is 19.6 Å². The van der Waals surface area contributed by atoms with Crippen molar-refractivity contribution in [2.75, 3.05) is 7.05 Å². The highest BCUT2D eigenvalue weighted by Gasteiger charge is 2.08. The van der Waals surface area contributed by atoms with Crippen LogP contribution in [0.5, 0.6) is 5.75 Å². The molecule has 0 fully saturated rings. The number of nitrogens with one attached hydrogen (secondary N) is 2. The number of ether oxygens (including phenoxy) is 1. The summed E-state index contributed by atoms with van der Waals surface area (Å²) >= 11 is 0. The average Bonchev–Trinajstić information content (AvgIpc) is 2.42. The van der Waals surface area contributed by atoms with E-state index in [1.54, 1.807) is 7.05 Å². The zero-order chi connectivity index (χ0) is 15.8. The van der Waals surface area contributed by atoms with Crippen molar-refractivity contribution >= 4 is 5.96 Å². The smallest absolute Gasteiger partial charge is 0.191 e. The molecule has 0 spiro atoms. The van der Waals surface area contributed by atoms with Gasteiger partial charge in [0.15, 0.2) is 5.96 Å². The molecule has 0 bridgehead atoms. The molecule has 1 rings (SSSR count). The van der Waals surface area contributed by atoms with E-state index in [1.807, 2.05) is 26.0 Å². The largest absolute Gasteiger partial charge is 0.491 e. The van der Waals surface area contributed by atoms with Crippen LogP contribution in [0.25, 0.3) is 0 Å². The van der Waals surface area contributed by atoms with Crippen LogP contribution in [0, 0.1) is 5.92 Å². The molecule has 1 unspecified atom stereocenters. The summed E-state index contributed by atoms with van der Waals surface area (Å²) in [4.78, 5) is 4.26. The third-order valence-electron chi connectivity index (χ3n) is 3.32.